The van der Waals surface area contributed by atoms with Crippen molar-refractivity contribution >= 4 is 58.9 Å². The van der Waals surface area contributed by atoms with E-state index in [9.17, 15) is 29.7 Å². The molecule has 0 saturated carbocycles. The molecule has 14 nitrogen and oxygen atoms in total. The first-order chi connectivity index (χ1) is 32.8. The number of hydrogen-bond donors (Lipinski definition) is 1. The molecule has 0 amide bonds. The molecule has 0 unspecified atom stereocenters. The van der Waals surface area contributed by atoms with Crippen molar-refractivity contribution < 1.29 is 133 Å². The smallest absolute Gasteiger partial charge is 0.544 e. The summed E-state index contributed by atoms with van der Waals surface area (Å²) in [5, 5.41) is 67.5. The molecule has 1 N–H and O–H groups in total. The number of para-hydroxylation sites is 2. The predicted octanol–water partition coefficient (Wildman–Crippen LogP) is -2.11. The van der Waals surface area contributed by atoms with E-state index in [0.717, 1.165) is 61.5 Å². The summed E-state index contributed by atoms with van der Waals surface area (Å²) in [4.78, 5) is 36.6. The van der Waals surface area contributed by atoms with Gasteiger partial charge < -0.3 is 54.1 Å². The number of rotatable bonds is 18. The van der Waals surface area contributed by atoms with E-state index in [1.54, 1.807) is 30.3 Å². The van der Waals surface area contributed by atoms with Crippen molar-refractivity contribution in [1.29, 1.82) is 15.8 Å². The Morgan fingerprint density at radius 3 is 1.28 bits per heavy atom. The van der Waals surface area contributed by atoms with E-state index in [1.165, 1.54) is 62.8 Å². The molecule has 5 aromatic rings. The summed E-state index contributed by atoms with van der Waals surface area (Å²) in [6.07, 6.45) is 16.2. The number of aromatic hydroxyl groups is 1. The van der Waals surface area contributed by atoms with E-state index in [-0.39, 0.29) is 94.4 Å². The summed E-state index contributed by atoms with van der Waals surface area (Å²) < 4.78 is 10.8. The van der Waals surface area contributed by atoms with Gasteiger partial charge in [-0.25, -0.2) is 0 Å². The number of hydrogen-bond acceptors (Lipinski definition) is 14. The number of carbonyl (C=O) groups excluding carboxylic acids is 3. The molecule has 0 aromatic heterocycles. The monoisotopic (exact) mass is 981 g/mol. The van der Waals surface area contributed by atoms with Crippen LogP contribution in [-0.2, 0) is 14.4 Å². The Bertz CT molecular complexity index is 2640. The molecule has 0 heterocycles. The van der Waals surface area contributed by atoms with Crippen molar-refractivity contribution in [2.24, 2.45) is 0 Å². The molecule has 5 rings (SSSR count). The van der Waals surface area contributed by atoms with Crippen LogP contribution >= 0.6 is 0 Å². The van der Waals surface area contributed by atoms with Crippen LogP contribution in [-0.4, -0.2) is 50.3 Å². The molecule has 0 bridgehead atoms. The number of methoxy groups -OCH3 is 2. The van der Waals surface area contributed by atoms with Crippen molar-refractivity contribution in [2.75, 3.05) is 37.1 Å². The van der Waals surface area contributed by atoms with Crippen LogP contribution in [0.1, 0.15) is 56.2 Å². The SMILES string of the molecule is C#C.CCCCN(CCCC)c1ccc(/C=C(\C#N)C(=O)[O-])c(OC)c1.COc1cc(N(c2ccccc2)c2ccccc2)ccc1/C=C(\C#N)C(=O)[O-].N#C/C(=C\c1ccc(O)cc1)C(=O)[O-].[Na+].[Na+].[Na+]. The van der Waals surface area contributed by atoms with Gasteiger partial charge >= 0.3 is 88.7 Å². The minimum atomic E-state index is -1.52. The van der Waals surface area contributed by atoms with Crippen molar-refractivity contribution in [3.05, 3.63) is 155 Å². The Labute approximate surface area is 482 Å². The third kappa shape index (κ3) is 22.6. The number of ether oxygens (including phenoxy) is 2. The Morgan fingerprint density at radius 1 is 0.563 bits per heavy atom. The zero-order valence-corrected chi connectivity index (χ0v) is 47.1. The summed E-state index contributed by atoms with van der Waals surface area (Å²) in [7, 11) is 3.03. The normalized spacial score (nSPS) is 10.1. The predicted molar refractivity (Wildman–Crippen MR) is 256 cm³/mol. The third-order valence-corrected chi connectivity index (χ3v) is 9.47. The fourth-order valence-electron chi connectivity index (χ4n) is 6.10. The first-order valence-corrected chi connectivity index (χ1v) is 21.0. The van der Waals surface area contributed by atoms with Crippen molar-refractivity contribution in [2.45, 2.75) is 39.5 Å². The van der Waals surface area contributed by atoms with Gasteiger partial charge in [0, 0.05) is 59.1 Å². The summed E-state index contributed by atoms with van der Waals surface area (Å²) >= 11 is 0. The maximum absolute atomic E-state index is 11.0. The second kappa shape index (κ2) is 37.6. The largest absolute Gasteiger partial charge is 1.00 e. The van der Waals surface area contributed by atoms with Crippen LogP contribution in [0.4, 0.5) is 22.7 Å². The Hall–Kier alpha value is -6.24. The Balaban J connectivity index is 0. The number of phenolic OH excluding ortho intramolecular Hbond substituents is 1. The summed E-state index contributed by atoms with van der Waals surface area (Å²) in [5.74, 6) is -3.46. The molecule has 0 saturated heterocycles. The van der Waals surface area contributed by atoms with Gasteiger partial charge in [0.1, 0.15) is 35.5 Å². The van der Waals surface area contributed by atoms with Gasteiger partial charge in [0.2, 0.25) is 0 Å². The van der Waals surface area contributed by atoms with E-state index in [1.807, 2.05) is 78.9 Å². The van der Waals surface area contributed by atoms with Gasteiger partial charge in [-0.05, 0) is 97.3 Å². The molecule has 71 heavy (non-hydrogen) atoms. The van der Waals surface area contributed by atoms with Crippen molar-refractivity contribution in [3.8, 4) is 48.3 Å². The van der Waals surface area contributed by atoms with Gasteiger partial charge in [-0.1, -0.05) is 75.2 Å². The van der Waals surface area contributed by atoms with E-state index in [2.05, 4.69) is 36.5 Å². The zero-order chi connectivity index (χ0) is 50.4. The molecule has 0 aliphatic rings. The standard InChI is InChI=1S/C23H18N2O3.C19H26N2O3.C10H7NO3.C2H2.3Na/c1-28-22-15-21(13-12-17(22)14-18(16-24)23(26)27)25(19-8-4-2-5-9-19)20-10-6-3-7-11-20;1-4-6-10-21(11-7-5-2)17-9-8-15(18(13-17)24-3)12-16(14-20)19(22)23;11-6-8(10(13)14)5-7-1-3-9(12)4-2-7;1-2;;;/h2-15H,1H3,(H,26,27);8-9,12-13H,4-7,10-11H2,1-3H3,(H,22,23);1-5,12H,(H,13,14);1-2H;;;/q;;;;3*+1/p-3/b18-14+;16-12+;8-5+;;;;. The van der Waals surface area contributed by atoms with Crippen LogP contribution in [0, 0.1) is 46.8 Å². The van der Waals surface area contributed by atoms with Crippen molar-refractivity contribution in [3.63, 3.8) is 0 Å². The van der Waals surface area contributed by atoms with E-state index < -0.39 is 34.6 Å². The topological polar surface area (TPSA) is 237 Å². The Kier molecular flexibility index (Phi) is 35.4. The first kappa shape index (κ1) is 66.8. The van der Waals surface area contributed by atoms with Crippen LogP contribution in [0.15, 0.2) is 138 Å². The van der Waals surface area contributed by atoms with E-state index in [4.69, 9.17) is 30.4 Å². The van der Waals surface area contributed by atoms with Crippen LogP contribution in [0.5, 0.6) is 17.2 Å². The number of nitriles is 3. The summed E-state index contributed by atoms with van der Waals surface area (Å²) in [6, 6.07) is 41.2. The minimum Gasteiger partial charge on any atom is -0.544 e. The number of phenols is 1. The molecule has 0 fully saturated rings. The van der Waals surface area contributed by atoms with Gasteiger partial charge in [0.15, 0.2) is 0 Å². The van der Waals surface area contributed by atoms with Crippen LogP contribution in [0.25, 0.3) is 18.2 Å². The molecule has 5 aromatic carbocycles. The van der Waals surface area contributed by atoms with Crippen LogP contribution in [0.3, 0.4) is 0 Å². The number of terminal acetylenes is 1. The van der Waals surface area contributed by atoms with E-state index >= 15 is 0 Å². The molecule has 0 spiro atoms. The molecule has 0 atom stereocenters. The summed E-state index contributed by atoms with van der Waals surface area (Å²) in [5.41, 5.74) is 4.01. The van der Waals surface area contributed by atoms with Crippen LogP contribution < -0.4 is 123 Å². The molecule has 0 aliphatic carbocycles. The molecule has 348 valence electrons. The fraction of sp³-hybridized carbons (Fsp3) is 0.185. The quantitative estimate of drug-likeness (QED) is 0.0429. The van der Waals surface area contributed by atoms with Gasteiger partial charge in [-0.2, -0.15) is 15.8 Å². The average molecular weight is 982 g/mol. The number of carboxylic acid groups (broad SMARTS) is 3. The number of nitrogens with zero attached hydrogens (tertiary/aromatic N) is 5. The molecule has 0 radical (unpaired) electrons. The Morgan fingerprint density at radius 2 is 0.930 bits per heavy atom. The van der Waals surface area contributed by atoms with Crippen molar-refractivity contribution in [1.82, 2.24) is 0 Å². The number of carbonyl (C=O) groups is 3. The average Bonchev–Trinajstić information content (AvgIpc) is 3.36. The second-order valence-corrected chi connectivity index (χ2v) is 14.0. The number of anilines is 4. The summed E-state index contributed by atoms with van der Waals surface area (Å²) in [6.45, 7) is 6.26. The van der Waals surface area contributed by atoms with Gasteiger partial charge in [-0.3, -0.25) is 0 Å². The van der Waals surface area contributed by atoms with Crippen LogP contribution in [0.2, 0.25) is 0 Å². The molecular weight excluding hydrogens is 932 g/mol. The fourth-order valence-corrected chi connectivity index (χ4v) is 6.10. The number of benzene rings is 5. The van der Waals surface area contributed by atoms with Gasteiger partial charge in [0.25, 0.3) is 0 Å². The minimum absolute atomic E-state index is 0. The second-order valence-electron chi connectivity index (χ2n) is 14.0. The molecule has 0 aliphatic heterocycles. The maximum Gasteiger partial charge on any atom is 1.00 e. The van der Waals surface area contributed by atoms with Gasteiger partial charge in [-0.15, -0.1) is 12.8 Å². The van der Waals surface area contributed by atoms with E-state index in [0.29, 0.717) is 28.2 Å². The first-order valence-electron chi connectivity index (χ1n) is 21.0. The molecular formula is C54H50N5Na3O9. The number of unbranched alkanes of at least 4 members (excludes halogenated alkanes) is 2. The number of carboxylic acids is 3. The number of aliphatic carboxylic acids is 3. The maximum atomic E-state index is 11.0. The third-order valence-electron chi connectivity index (χ3n) is 9.47. The van der Waals surface area contributed by atoms with Gasteiger partial charge in [0.05, 0.1) is 48.8 Å². The molecule has 17 heteroatoms. The zero-order valence-electron chi connectivity index (χ0n) is 41.1.